The van der Waals surface area contributed by atoms with E-state index in [1.807, 2.05) is 75.4 Å². The quantitative estimate of drug-likeness (QED) is 0.663. The van der Waals surface area contributed by atoms with Crippen molar-refractivity contribution in [2.75, 3.05) is 11.9 Å². The first-order chi connectivity index (χ1) is 12.9. The predicted molar refractivity (Wildman–Crippen MR) is 110 cm³/mol. The average Bonchev–Trinajstić information content (AvgIpc) is 3.00. The van der Waals surface area contributed by atoms with Gasteiger partial charge >= 0.3 is 0 Å². The molecule has 3 rings (SSSR count). The number of halogens is 1. The highest BCUT2D eigenvalue weighted by molar-refractivity contribution is 6.30. The summed E-state index contributed by atoms with van der Waals surface area (Å²) in [6.45, 7) is 6.14. The third-order valence-electron chi connectivity index (χ3n) is 4.38. The lowest BCUT2D eigenvalue weighted by atomic mass is 10.1. The van der Waals surface area contributed by atoms with E-state index in [-0.39, 0.29) is 18.5 Å². The molecule has 2 N–H and O–H groups in total. The second-order valence-corrected chi connectivity index (χ2v) is 7.01. The first-order valence-corrected chi connectivity index (χ1v) is 9.23. The summed E-state index contributed by atoms with van der Waals surface area (Å²) in [5.74, 6) is 0.540. The molecule has 0 fully saturated rings. The number of nitrogens with one attached hydrogen (secondary N) is 2. The van der Waals surface area contributed by atoms with Gasteiger partial charge in [-0.2, -0.15) is 5.10 Å². The molecule has 6 heteroatoms. The molecule has 2 aromatic carbocycles. The molecule has 0 unspecified atom stereocenters. The van der Waals surface area contributed by atoms with Crippen molar-refractivity contribution in [3.8, 4) is 5.69 Å². The Bertz CT molecular complexity index is 934. The average molecular weight is 383 g/mol. The molecule has 1 heterocycles. The molecule has 27 heavy (non-hydrogen) atoms. The highest BCUT2D eigenvalue weighted by Crippen LogP contribution is 2.20. The van der Waals surface area contributed by atoms with Gasteiger partial charge in [-0.3, -0.25) is 4.79 Å². The molecular weight excluding hydrogens is 360 g/mol. The van der Waals surface area contributed by atoms with Crippen molar-refractivity contribution < 1.29 is 4.79 Å². The van der Waals surface area contributed by atoms with Crippen LogP contribution in [0.2, 0.25) is 5.02 Å². The summed E-state index contributed by atoms with van der Waals surface area (Å²) in [5, 5.41) is 11.4. The number of hydrogen-bond acceptors (Lipinski definition) is 3. The summed E-state index contributed by atoms with van der Waals surface area (Å²) in [5.41, 5.74) is 3.96. The molecule has 5 nitrogen and oxygen atoms in total. The Morgan fingerprint density at radius 2 is 1.85 bits per heavy atom. The summed E-state index contributed by atoms with van der Waals surface area (Å²) in [7, 11) is 0. The van der Waals surface area contributed by atoms with Gasteiger partial charge in [-0.05, 0) is 50.1 Å². The Morgan fingerprint density at radius 1 is 1.15 bits per heavy atom. The van der Waals surface area contributed by atoms with E-state index < -0.39 is 0 Å². The highest BCUT2D eigenvalue weighted by atomic mass is 35.5. The zero-order valence-corrected chi connectivity index (χ0v) is 16.4. The number of aryl methyl sites for hydroxylation is 2. The third-order valence-corrected chi connectivity index (χ3v) is 4.63. The monoisotopic (exact) mass is 382 g/mol. The number of carbonyl (C=O) groups is 1. The van der Waals surface area contributed by atoms with Gasteiger partial charge in [0, 0.05) is 17.1 Å². The molecular formula is C21H23ClN4O. The number of carbonyl (C=O) groups excluding carboxylic acids is 1. The zero-order valence-electron chi connectivity index (χ0n) is 15.7. The van der Waals surface area contributed by atoms with Crippen LogP contribution in [0, 0.1) is 13.8 Å². The Hall–Kier alpha value is -2.63. The number of amides is 1. The van der Waals surface area contributed by atoms with Gasteiger partial charge in [-0.1, -0.05) is 41.9 Å². The second kappa shape index (κ2) is 8.37. The molecule has 3 aromatic rings. The maximum absolute atomic E-state index is 12.4. The number of nitrogens with zero attached hydrogens (tertiary/aromatic N) is 2. The lowest BCUT2D eigenvalue weighted by Gasteiger charge is -2.15. The maximum atomic E-state index is 12.4. The van der Waals surface area contributed by atoms with Gasteiger partial charge in [0.25, 0.3) is 0 Å². The number of para-hydroxylation sites is 1. The molecule has 1 aromatic heterocycles. The SMILES string of the molecule is Cc1cc(NC(=O)CN[C@H](C)c2ccc(Cl)cc2)n(-c2ccccc2C)n1. The van der Waals surface area contributed by atoms with Crippen LogP contribution in [0.25, 0.3) is 5.69 Å². The lowest BCUT2D eigenvalue weighted by molar-refractivity contribution is -0.115. The minimum atomic E-state index is -0.120. The van der Waals surface area contributed by atoms with E-state index in [0.717, 1.165) is 22.5 Å². The van der Waals surface area contributed by atoms with Crippen LogP contribution >= 0.6 is 11.6 Å². The summed E-state index contributed by atoms with van der Waals surface area (Å²) in [6, 6.07) is 17.4. The Morgan fingerprint density at radius 3 is 2.56 bits per heavy atom. The largest absolute Gasteiger partial charge is 0.309 e. The number of hydrogen-bond donors (Lipinski definition) is 2. The van der Waals surface area contributed by atoms with Gasteiger partial charge in [0.1, 0.15) is 5.82 Å². The van der Waals surface area contributed by atoms with Crippen LogP contribution in [0.3, 0.4) is 0 Å². The molecule has 140 valence electrons. The fourth-order valence-corrected chi connectivity index (χ4v) is 3.00. The van der Waals surface area contributed by atoms with Crippen LogP contribution in [0.15, 0.2) is 54.6 Å². The van der Waals surface area contributed by atoms with E-state index in [1.54, 1.807) is 4.68 Å². The minimum absolute atomic E-state index is 0.0380. The van der Waals surface area contributed by atoms with E-state index in [9.17, 15) is 4.79 Å². The van der Waals surface area contributed by atoms with Crippen molar-refractivity contribution in [1.82, 2.24) is 15.1 Å². The van der Waals surface area contributed by atoms with Crippen molar-refractivity contribution in [2.45, 2.75) is 26.8 Å². The number of aromatic nitrogens is 2. The third kappa shape index (κ3) is 4.76. The van der Waals surface area contributed by atoms with Crippen LogP contribution in [0.1, 0.15) is 29.8 Å². The van der Waals surface area contributed by atoms with Gasteiger partial charge < -0.3 is 10.6 Å². The zero-order chi connectivity index (χ0) is 19.4. The normalized spacial score (nSPS) is 12.0. The van der Waals surface area contributed by atoms with Crippen molar-refractivity contribution >= 4 is 23.3 Å². The van der Waals surface area contributed by atoms with Crippen molar-refractivity contribution in [2.24, 2.45) is 0 Å². The van der Waals surface area contributed by atoms with Gasteiger partial charge in [-0.25, -0.2) is 4.68 Å². The van der Waals surface area contributed by atoms with E-state index in [2.05, 4.69) is 15.7 Å². The van der Waals surface area contributed by atoms with E-state index in [0.29, 0.717) is 10.8 Å². The molecule has 0 aliphatic carbocycles. The van der Waals surface area contributed by atoms with Crippen molar-refractivity contribution in [1.29, 1.82) is 0 Å². The lowest BCUT2D eigenvalue weighted by Crippen LogP contribution is -2.30. The van der Waals surface area contributed by atoms with Crippen molar-refractivity contribution in [3.63, 3.8) is 0 Å². The van der Waals surface area contributed by atoms with Crippen LogP contribution in [-0.4, -0.2) is 22.2 Å². The summed E-state index contributed by atoms with van der Waals surface area (Å²) < 4.78 is 1.77. The fourth-order valence-electron chi connectivity index (χ4n) is 2.88. The van der Waals surface area contributed by atoms with Gasteiger partial charge in [0.15, 0.2) is 0 Å². The van der Waals surface area contributed by atoms with E-state index in [1.165, 1.54) is 0 Å². The van der Waals surface area contributed by atoms with E-state index in [4.69, 9.17) is 11.6 Å². The standard InChI is InChI=1S/C21H23ClN4O/c1-14-6-4-5-7-19(14)26-20(12-15(2)25-26)24-21(27)13-23-16(3)17-8-10-18(22)11-9-17/h4-12,16,23H,13H2,1-3H3,(H,24,27)/t16-/m1/s1. The summed E-state index contributed by atoms with van der Waals surface area (Å²) >= 11 is 5.92. The first-order valence-electron chi connectivity index (χ1n) is 8.85. The Kier molecular flexibility index (Phi) is 5.94. The molecule has 0 saturated carbocycles. The fraction of sp³-hybridized carbons (Fsp3) is 0.238. The summed E-state index contributed by atoms with van der Waals surface area (Å²) in [6.07, 6.45) is 0. The van der Waals surface area contributed by atoms with Crippen LogP contribution in [0.5, 0.6) is 0 Å². The van der Waals surface area contributed by atoms with Gasteiger partial charge in [-0.15, -0.1) is 0 Å². The van der Waals surface area contributed by atoms with E-state index >= 15 is 0 Å². The second-order valence-electron chi connectivity index (χ2n) is 6.57. The molecule has 0 bridgehead atoms. The number of rotatable bonds is 6. The molecule has 1 atom stereocenters. The molecule has 0 radical (unpaired) electrons. The topological polar surface area (TPSA) is 59.0 Å². The van der Waals surface area contributed by atoms with Gasteiger partial charge in [0.05, 0.1) is 17.9 Å². The first kappa shape index (κ1) is 19.1. The molecule has 0 aliphatic heterocycles. The number of anilines is 1. The van der Waals surface area contributed by atoms with Crippen LogP contribution in [-0.2, 0) is 4.79 Å². The predicted octanol–water partition coefficient (Wildman–Crippen LogP) is 4.43. The smallest absolute Gasteiger partial charge is 0.239 e. The minimum Gasteiger partial charge on any atom is -0.309 e. The van der Waals surface area contributed by atoms with Crippen LogP contribution < -0.4 is 10.6 Å². The maximum Gasteiger partial charge on any atom is 0.239 e. The Labute approximate surface area is 164 Å². The van der Waals surface area contributed by atoms with Crippen molar-refractivity contribution in [3.05, 3.63) is 76.4 Å². The highest BCUT2D eigenvalue weighted by Gasteiger charge is 2.13. The van der Waals surface area contributed by atoms with Gasteiger partial charge in [0.2, 0.25) is 5.91 Å². The summed E-state index contributed by atoms with van der Waals surface area (Å²) in [4.78, 5) is 12.4. The molecule has 0 spiro atoms. The Balaban J connectivity index is 1.66. The molecule has 1 amide bonds. The molecule has 0 saturated heterocycles. The molecule has 0 aliphatic rings. The van der Waals surface area contributed by atoms with Crippen LogP contribution in [0.4, 0.5) is 5.82 Å². The number of benzene rings is 2.